The fraction of sp³-hybridized carbons (Fsp3) is 1.00. The molecule has 0 aliphatic carbocycles. The molecule has 132 valence electrons. The highest BCUT2D eigenvalue weighted by Gasteiger charge is 2.45. The molecule has 0 spiro atoms. The summed E-state index contributed by atoms with van der Waals surface area (Å²) in [7, 11) is 0. The van der Waals surface area contributed by atoms with Crippen LogP contribution in [0.4, 0.5) is 0 Å². The molecule has 0 radical (unpaired) electrons. The van der Waals surface area contributed by atoms with Crippen molar-refractivity contribution in [2.45, 2.75) is 83.9 Å². The van der Waals surface area contributed by atoms with E-state index in [4.69, 9.17) is 18.9 Å². The summed E-state index contributed by atoms with van der Waals surface area (Å²) in [6, 6.07) is 0. The van der Waals surface area contributed by atoms with Gasteiger partial charge in [-0.3, -0.25) is 0 Å². The van der Waals surface area contributed by atoms with Crippen molar-refractivity contribution in [3.8, 4) is 0 Å². The van der Waals surface area contributed by atoms with E-state index in [0.717, 1.165) is 45.1 Å². The van der Waals surface area contributed by atoms with Crippen molar-refractivity contribution in [3.05, 3.63) is 0 Å². The van der Waals surface area contributed by atoms with Gasteiger partial charge in [0.2, 0.25) is 0 Å². The van der Waals surface area contributed by atoms with Gasteiger partial charge in [-0.15, -0.1) is 0 Å². The summed E-state index contributed by atoms with van der Waals surface area (Å²) >= 11 is 0. The van der Waals surface area contributed by atoms with Gasteiger partial charge in [0.05, 0.1) is 6.61 Å². The van der Waals surface area contributed by atoms with Crippen molar-refractivity contribution in [3.63, 3.8) is 0 Å². The van der Waals surface area contributed by atoms with E-state index in [1.54, 1.807) is 0 Å². The predicted octanol–water partition coefficient (Wildman–Crippen LogP) is 2.89. The van der Waals surface area contributed by atoms with Crippen LogP contribution in [0.1, 0.15) is 59.3 Å². The summed E-state index contributed by atoms with van der Waals surface area (Å²) in [6.07, 6.45) is 4.41. The predicted molar refractivity (Wildman–Crippen MR) is 85.9 cm³/mol. The minimum atomic E-state index is -0.928. The van der Waals surface area contributed by atoms with Crippen molar-refractivity contribution in [1.82, 2.24) is 0 Å². The van der Waals surface area contributed by atoms with Crippen LogP contribution in [-0.2, 0) is 18.9 Å². The van der Waals surface area contributed by atoms with Crippen LogP contribution in [-0.4, -0.2) is 56.1 Å². The van der Waals surface area contributed by atoms with Gasteiger partial charge < -0.3 is 24.1 Å². The second kappa shape index (κ2) is 12.3. The van der Waals surface area contributed by atoms with Crippen molar-refractivity contribution < 1.29 is 24.1 Å². The Morgan fingerprint density at radius 1 is 0.818 bits per heavy atom. The summed E-state index contributed by atoms with van der Waals surface area (Å²) in [4.78, 5) is 0. The molecule has 0 aromatic heterocycles. The normalized spacial score (nSPS) is 28.4. The maximum absolute atomic E-state index is 10.1. The lowest BCUT2D eigenvalue weighted by Crippen LogP contribution is -2.39. The van der Waals surface area contributed by atoms with Crippen LogP contribution in [0, 0.1) is 0 Å². The van der Waals surface area contributed by atoms with Crippen LogP contribution in [0.25, 0.3) is 0 Å². The fourth-order valence-electron chi connectivity index (χ4n) is 2.39. The van der Waals surface area contributed by atoms with Gasteiger partial charge in [0.25, 0.3) is 0 Å². The molecule has 0 aromatic carbocycles. The van der Waals surface area contributed by atoms with E-state index in [-0.39, 0.29) is 12.2 Å². The van der Waals surface area contributed by atoms with Gasteiger partial charge in [-0.2, -0.15) is 0 Å². The molecule has 1 fully saturated rings. The van der Waals surface area contributed by atoms with Crippen molar-refractivity contribution in [2.75, 3.05) is 26.4 Å². The third-order valence-electron chi connectivity index (χ3n) is 3.83. The lowest BCUT2D eigenvalue weighted by molar-refractivity contribution is -0.150. The van der Waals surface area contributed by atoms with E-state index in [9.17, 15) is 5.11 Å². The average Bonchev–Trinajstić information content (AvgIpc) is 2.80. The van der Waals surface area contributed by atoms with Gasteiger partial charge in [-0.1, -0.05) is 40.0 Å². The molecule has 22 heavy (non-hydrogen) atoms. The van der Waals surface area contributed by atoms with Gasteiger partial charge in [-0.05, 0) is 19.3 Å². The van der Waals surface area contributed by atoms with Crippen LogP contribution in [0.15, 0.2) is 0 Å². The number of rotatable bonds is 13. The summed E-state index contributed by atoms with van der Waals surface area (Å²) in [5.41, 5.74) is 0. The highest BCUT2D eigenvalue weighted by molar-refractivity contribution is 4.89. The smallest absolute Gasteiger partial charge is 0.184 e. The van der Waals surface area contributed by atoms with E-state index in [2.05, 4.69) is 20.8 Å². The summed E-state index contributed by atoms with van der Waals surface area (Å²) in [5, 5.41) is 10.1. The number of ether oxygens (including phenoxy) is 4. The average molecular weight is 318 g/mol. The lowest BCUT2D eigenvalue weighted by atomic mass is 10.1. The molecule has 4 atom stereocenters. The van der Waals surface area contributed by atoms with Gasteiger partial charge in [0.15, 0.2) is 6.29 Å². The summed E-state index contributed by atoms with van der Waals surface area (Å²) < 4.78 is 23.0. The van der Waals surface area contributed by atoms with Gasteiger partial charge in [0.1, 0.15) is 18.3 Å². The maximum atomic E-state index is 10.1. The van der Waals surface area contributed by atoms with E-state index in [1.165, 1.54) is 0 Å². The Hall–Kier alpha value is -0.200. The molecule has 5 heteroatoms. The van der Waals surface area contributed by atoms with Gasteiger partial charge in [0, 0.05) is 19.8 Å². The molecule has 1 saturated heterocycles. The molecule has 1 rings (SSSR count). The van der Waals surface area contributed by atoms with Crippen LogP contribution in [0.3, 0.4) is 0 Å². The first-order valence-electron chi connectivity index (χ1n) is 8.89. The first-order chi connectivity index (χ1) is 10.7. The Balaban J connectivity index is 2.48. The van der Waals surface area contributed by atoms with Crippen molar-refractivity contribution in [1.29, 1.82) is 0 Å². The standard InChI is InChI=1S/C17H34O5/c1-4-7-10-19-13-14-15(20-11-8-5-2)16(17(18)22-14)21-12-9-6-3/h14-18H,4-13H2,1-3H3/t14-,15-,16-,17?/m1/s1. The monoisotopic (exact) mass is 318 g/mol. The Morgan fingerprint density at radius 2 is 1.36 bits per heavy atom. The van der Waals surface area contributed by atoms with Crippen molar-refractivity contribution >= 4 is 0 Å². The molecule has 0 amide bonds. The minimum absolute atomic E-state index is 0.250. The maximum Gasteiger partial charge on any atom is 0.184 e. The zero-order valence-electron chi connectivity index (χ0n) is 14.5. The second-order valence-corrected chi connectivity index (χ2v) is 5.87. The molecule has 5 nitrogen and oxygen atoms in total. The van der Waals surface area contributed by atoms with E-state index < -0.39 is 12.4 Å². The molecular weight excluding hydrogens is 284 g/mol. The second-order valence-electron chi connectivity index (χ2n) is 5.87. The topological polar surface area (TPSA) is 57.2 Å². The molecule has 0 saturated carbocycles. The Bertz CT molecular complexity index is 261. The van der Waals surface area contributed by atoms with Gasteiger partial charge >= 0.3 is 0 Å². The molecule has 1 aliphatic rings. The Kier molecular flexibility index (Phi) is 11.1. The number of aliphatic hydroxyl groups is 1. The Morgan fingerprint density at radius 3 is 1.95 bits per heavy atom. The first-order valence-corrected chi connectivity index (χ1v) is 8.89. The molecule has 0 aromatic rings. The van der Waals surface area contributed by atoms with Crippen LogP contribution < -0.4 is 0 Å². The quantitative estimate of drug-likeness (QED) is 0.529. The van der Waals surface area contributed by atoms with Crippen LogP contribution in [0.5, 0.6) is 0 Å². The lowest BCUT2D eigenvalue weighted by Gasteiger charge is -2.23. The highest BCUT2D eigenvalue weighted by atomic mass is 16.7. The minimum Gasteiger partial charge on any atom is -0.379 e. The van der Waals surface area contributed by atoms with E-state index in [0.29, 0.717) is 19.8 Å². The van der Waals surface area contributed by atoms with Gasteiger partial charge in [-0.25, -0.2) is 0 Å². The molecule has 1 heterocycles. The molecular formula is C17H34O5. The number of aliphatic hydroxyl groups excluding tert-OH is 1. The summed E-state index contributed by atoms with van der Waals surface area (Å²) in [6.45, 7) is 8.83. The molecule has 1 aliphatic heterocycles. The van der Waals surface area contributed by atoms with Crippen LogP contribution in [0.2, 0.25) is 0 Å². The number of hydrogen-bond donors (Lipinski definition) is 1. The Labute approximate surface area is 135 Å². The fourth-order valence-corrected chi connectivity index (χ4v) is 2.39. The highest BCUT2D eigenvalue weighted by Crippen LogP contribution is 2.26. The third kappa shape index (κ3) is 6.92. The van der Waals surface area contributed by atoms with Crippen molar-refractivity contribution in [2.24, 2.45) is 0 Å². The SMILES string of the molecule is CCCCOC[C@H]1OC(O)[C@H](OCCCC)[C@@H]1OCCCC. The molecule has 1 N–H and O–H groups in total. The largest absolute Gasteiger partial charge is 0.379 e. The molecule has 0 bridgehead atoms. The number of hydrogen-bond acceptors (Lipinski definition) is 5. The van der Waals surface area contributed by atoms with Crippen LogP contribution >= 0.6 is 0 Å². The zero-order chi connectivity index (χ0) is 16.2. The molecule has 1 unspecified atom stereocenters. The first kappa shape index (κ1) is 19.8. The number of unbranched alkanes of at least 4 members (excludes halogenated alkanes) is 3. The summed E-state index contributed by atoms with van der Waals surface area (Å²) in [5.74, 6) is 0. The zero-order valence-corrected chi connectivity index (χ0v) is 14.5. The van der Waals surface area contributed by atoms with E-state index >= 15 is 0 Å². The van der Waals surface area contributed by atoms with E-state index in [1.807, 2.05) is 0 Å². The third-order valence-corrected chi connectivity index (χ3v) is 3.83.